The number of hydrogen-bond acceptors (Lipinski definition) is 4. The van der Waals surface area contributed by atoms with Crippen molar-refractivity contribution in [1.29, 1.82) is 0 Å². The summed E-state index contributed by atoms with van der Waals surface area (Å²) in [6, 6.07) is 7.39. The molecule has 3 aromatic heterocycles. The molecule has 3 aromatic rings. The molecule has 7 heteroatoms. The number of pyridine rings is 2. The zero-order valence-corrected chi connectivity index (χ0v) is 10.6. The van der Waals surface area contributed by atoms with Gasteiger partial charge < -0.3 is 9.24 Å². The van der Waals surface area contributed by atoms with E-state index in [-0.39, 0.29) is 0 Å². The molecule has 0 aromatic carbocycles. The molecule has 7 nitrogen and oxygen atoms in total. The lowest BCUT2D eigenvalue weighted by molar-refractivity contribution is 0.331. The summed E-state index contributed by atoms with van der Waals surface area (Å²) < 4.78 is 1.80. The van der Waals surface area contributed by atoms with E-state index in [2.05, 4.69) is 20.2 Å². The fourth-order valence-corrected chi connectivity index (χ4v) is 1.85. The highest BCUT2D eigenvalue weighted by Gasteiger charge is 2.05. The Morgan fingerprint density at radius 2 is 2.15 bits per heavy atom. The fourth-order valence-electron chi connectivity index (χ4n) is 1.85. The second-order valence-corrected chi connectivity index (χ2v) is 4.21. The van der Waals surface area contributed by atoms with Gasteiger partial charge in [0.25, 0.3) is 0 Å². The first kappa shape index (κ1) is 12.0. The third-order valence-corrected chi connectivity index (χ3v) is 2.81. The van der Waals surface area contributed by atoms with Gasteiger partial charge in [0.2, 0.25) is 0 Å². The third-order valence-electron chi connectivity index (χ3n) is 2.81. The summed E-state index contributed by atoms with van der Waals surface area (Å²) >= 11 is 0. The maximum atomic E-state index is 8.22. The quantitative estimate of drug-likeness (QED) is 0.315. The Morgan fingerprint density at radius 1 is 1.25 bits per heavy atom. The van der Waals surface area contributed by atoms with Crippen molar-refractivity contribution in [2.75, 3.05) is 0 Å². The molecule has 0 N–H and O–H groups in total. The number of azide groups is 1. The summed E-state index contributed by atoms with van der Waals surface area (Å²) in [5.41, 5.74) is 11.7. The van der Waals surface area contributed by atoms with Crippen LogP contribution >= 0.6 is 0 Å². The van der Waals surface area contributed by atoms with Gasteiger partial charge >= 0.3 is 0 Å². The predicted octanol–water partition coefficient (Wildman–Crippen LogP) is 3.31. The molecule has 0 saturated carbocycles. The van der Waals surface area contributed by atoms with Crippen molar-refractivity contribution in [3.8, 4) is 17.0 Å². The molecule has 20 heavy (non-hydrogen) atoms. The van der Waals surface area contributed by atoms with Gasteiger partial charge in [-0.2, -0.15) is 0 Å². The van der Waals surface area contributed by atoms with Crippen LogP contribution in [0.1, 0.15) is 5.69 Å². The Kier molecular flexibility index (Phi) is 2.95. The highest BCUT2D eigenvalue weighted by molar-refractivity contribution is 5.62. The number of aromatic nitrogens is 3. The lowest BCUT2D eigenvalue weighted by Crippen LogP contribution is -1.85. The Balaban J connectivity index is 2.01. The second-order valence-electron chi connectivity index (χ2n) is 4.21. The van der Waals surface area contributed by atoms with E-state index >= 15 is 0 Å². The van der Waals surface area contributed by atoms with Crippen molar-refractivity contribution in [2.45, 2.75) is 6.92 Å². The van der Waals surface area contributed by atoms with Gasteiger partial charge in [-0.15, -0.1) is 0 Å². The minimum atomic E-state index is 0.446. The van der Waals surface area contributed by atoms with E-state index in [1.807, 2.05) is 25.3 Å². The SMILES string of the molecule is Cc1ccc(-c2cn3cc(ON=[N+]=[N-])ccc3n2)cn1. The largest absolute Gasteiger partial charge is 0.393 e. The lowest BCUT2D eigenvalue weighted by atomic mass is 10.2. The van der Waals surface area contributed by atoms with Crippen LogP contribution in [-0.4, -0.2) is 14.4 Å². The van der Waals surface area contributed by atoms with Crippen molar-refractivity contribution < 1.29 is 4.84 Å². The Hall–Kier alpha value is -3.05. The molecule has 0 radical (unpaired) electrons. The Morgan fingerprint density at radius 3 is 2.90 bits per heavy atom. The first-order chi connectivity index (χ1) is 9.76. The summed E-state index contributed by atoms with van der Waals surface area (Å²) in [7, 11) is 0. The average Bonchev–Trinajstić information content (AvgIpc) is 2.89. The topological polar surface area (TPSA) is 88.2 Å². The zero-order chi connectivity index (χ0) is 13.9. The maximum Gasteiger partial charge on any atom is 0.153 e. The number of rotatable bonds is 3. The van der Waals surface area contributed by atoms with E-state index in [1.54, 1.807) is 28.9 Å². The van der Waals surface area contributed by atoms with Crippen molar-refractivity contribution in [3.63, 3.8) is 0 Å². The molecule has 3 rings (SSSR count). The molecule has 0 aliphatic heterocycles. The molecule has 0 saturated heterocycles. The van der Waals surface area contributed by atoms with Crippen LogP contribution in [0.5, 0.6) is 5.75 Å². The number of aryl methyl sites for hydroxylation is 1. The van der Waals surface area contributed by atoms with Gasteiger partial charge in [0.1, 0.15) is 10.9 Å². The molecule has 0 atom stereocenters. The first-order valence-corrected chi connectivity index (χ1v) is 5.89. The fraction of sp³-hybridized carbons (Fsp3) is 0.0769. The number of hydrogen-bond donors (Lipinski definition) is 0. The van der Waals surface area contributed by atoms with Gasteiger partial charge in [-0.1, -0.05) is 0 Å². The Bertz CT molecular complexity index is 801. The summed E-state index contributed by atoms with van der Waals surface area (Å²) in [6.07, 6.45) is 5.35. The Labute approximate surface area is 114 Å². The van der Waals surface area contributed by atoms with Crippen LogP contribution in [-0.2, 0) is 0 Å². The van der Waals surface area contributed by atoms with Gasteiger partial charge in [0.15, 0.2) is 5.75 Å². The molecular formula is C13H10N6O. The normalized spacial score (nSPS) is 10.2. The predicted molar refractivity (Wildman–Crippen MR) is 72.9 cm³/mol. The first-order valence-electron chi connectivity index (χ1n) is 5.89. The molecule has 98 valence electrons. The van der Waals surface area contributed by atoms with E-state index in [1.165, 1.54) is 0 Å². The minimum absolute atomic E-state index is 0.446. The molecule has 0 amide bonds. The minimum Gasteiger partial charge on any atom is -0.393 e. The number of nitrogens with zero attached hydrogens (tertiary/aromatic N) is 6. The van der Waals surface area contributed by atoms with E-state index in [0.29, 0.717) is 5.75 Å². The molecule has 0 bridgehead atoms. The van der Waals surface area contributed by atoms with Crippen LogP contribution < -0.4 is 4.84 Å². The molecule has 0 spiro atoms. The van der Waals surface area contributed by atoms with E-state index in [0.717, 1.165) is 22.6 Å². The van der Waals surface area contributed by atoms with Crippen LogP contribution in [0, 0.1) is 6.92 Å². The van der Waals surface area contributed by atoms with E-state index in [9.17, 15) is 0 Å². The molecule has 3 heterocycles. The monoisotopic (exact) mass is 266 g/mol. The molecule has 0 aliphatic rings. The van der Waals surface area contributed by atoms with Crippen LogP contribution in [0.15, 0.2) is 48.1 Å². The summed E-state index contributed by atoms with van der Waals surface area (Å²) in [6.45, 7) is 1.94. The van der Waals surface area contributed by atoms with Gasteiger partial charge in [-0.3, -0.25) is 4.98 Å². The van der Waals surface area contributed by atoms with Crippen molar-refractivity contribution >= 4 is 5.65 Å². The van der Waals surface area contributed by atoms with Crippen LogP contribution in [0.25, 0.3) is 27.3 Å². The summed E-state index contributed by atoms with van der Waals surface area (Å²) in [5.74, 6) is 0.446. The lowest BCUT2D eigenvalue weighted by Gasteiger charge is -1.97. The van der Waals surface area contributed by atoms with Crippen molar-refractivity contribution in [2.24, 2.45) is 5.28 Å². The third kappa shape index (κ3) is 2.25. The van der Waals surface area contributed by atoms with Gasteiger partial charge in [-0.25, -0.2) is 4.98 Å². The highest BCUT2D eigenvalue weighted by Crippen LogP contribution is 2.20. The smallest absolute Gasteiger partial charge is 0.153 e. The van der Waals surface area contributed by atoms with Gasteiger partial charge in [0, 0.05) is 28.6 Å². The zero-order valence-electron chi connectivity index (χ0n) is 10.6. The van der Waals surface area contributed by atoms with E-state index < -0.39 is 0 Å². The number of fused-ring (bicyclic) bond motifs is 1. The van der Waals surface area contributed by atoms with Crippen LogP contribution in [0.2, 0.25) is 0 Å². The summed E-state index contributed by atoms with van der Waals surface area (Å²) in [4.78, 5) is 16.1. The van der Waals surface area contributed by atoms with Crippen molar-refractivity contribution in [1.82, 2.24) is 14.4 Å². The van der Waals surface area contributed by atoms with Crippen molar-refractivity contribution in [3.05, 3.63) is 59.0 Å². The summed E-state index contributed by atoms with van der Waals surface area (Å²) in [5, 5.41) is 3.06. The second kappa shape index (κ2) is 4.91. The standard InChI is InChI=1S/C13H10N6O/c1-9-2-3-10(6-15-9)12-8-19-7-11(20-18-17-14)4-5-13(19)16-12/h2-8H,1H3. The highest BCUT2D eigenvalue weighted by atomic mass is 16.6. The number of imidazole rings is 1. The maximum absolute atomic E-state index is 8.22. The molecular weight excluding hydrogens is 256 g/mol. The van der Waals surface area contributed by atoms with Gasteiger partial charge in [-0.05, 0) is 36.7 Å². The molecule has 0 aliphatic carbocycles. The van der Waals surface area contributed by atoms with Crippen LogP contribution in [0.4, 0.5) is 0 Å². The molecule has 0 fully saturated rings. The van der Waals surface area contributed by atoms with Crippen LogP contribution in [0.3, 0.4) is 0 Å². The average molecular weight is 266 g/mol. The van der Waals surface area contributed by atoms with Gasteiger partial charge in [0.05, 0.1) is 11.9 Å². The molecule has 0 unspecified atom stereocenters. The van der Waals surface area contributed by atoms with E-state index in [4.69, 9.17) is 10.4 Å².